The third-order valence-electron chi connectivity index (χ3n) is 5.11. The Morgan fingerprint density at radius 2 is 2.03 bits per heavy atom. The number of ether oxygens (including phenoxy) is 1. The molecule has 1 amide bonds. The number of fused-ring (bicyclic) bond motifs is 1. The second kappa shape index (κ2) is 7.58. The number of hydrogen-bond donors (Lipinski definition) is 0. The van der Waals surface area contributed by atoms with Gasteiger partial charge in [0.1, 0.15) is 10.8 Å². The van der Waals surface area contributed by atoms with Crippen LogP contribution in [0.1, 0.15) is 29.8 Å². The van der Waals surface area contributed by atoms with Crippen LogP contribution in [0.5, 0.6) is 5.75 Å². The summed E-state index contributed by atoms with van der Waals surface area (Å²) < 4.78 is 11.9. The number of amides is 1. The Morgan fingerprint density at radius 1 is 1.23 bits per heavy atom. The highest BCUT2D eigenvalue weighted by molar-refractivity contribution is 7.18. The smallest absolute Gasteiger partial charge is 0.410 e. The molecular formula is C20H18N6O4S. The van der Waals surface area contributed by atoms with Crippen LogP contribution in [0.25, 0.3) is 22.0 Å². The molecule has 31 heavy (non-hydrogen) atoms. The van der Waals surface area contributed by atoms with E-state index >= 15 is 0 Å². The molecule has 1 aromatic carbocycles. The van der Waals surface area contributed by atoms with E-state index in [1.54, 1.807) is 31.0 Å². The van der Waals surface area contributed by atoms with Gasteiger partial charge in [0.15, 0.2) is 16.2 Å². The molecule has 0 radical (unpaired) electrons. The van der Waals surface area contributed by atoms with Crippen molar-refractivity contribution in [2.45, 2.75) is 25.8 Å². The van der Waals surface area contributed by atoms with Crippen LogP contribution in [0.3, 0.4) is 0 Å². The average molecular weight is 438 g/mol. The van der Waals surface area contributed by atoms with Crippen LogP contribution in [-0.4, -0.2) is 42.2 Å². The zero-order valence-corrected chi connectivity index (χ0v) is 17.6. The number of likely N-dealkylation sites (tertiary alicyclic amines) is 1. The molecule has 0 saturated carbocycles. The van der Waals surface area contributed by atoms with Gasteiger partial charge in [0.05, 0.1) is 6.04 Å². The van der Waals surface area contributed by atoms with Gasteiger partial charge in [-0.2, -0.15) is 4.98 Å². The number of benzene rings is 1. The van der Waals surface area contributed by atoms with Crippen molar-refractivity contribution in [2.75, 3.05) is 6.54 Å². The predicted octanol–water partition coefficient (Wildman–Crippen LogP) is 3.08. The van der Waals surface area contributed by atoms with Crippen molar-refractivity contribution in [1.82, 2.24) is 29.6 Å². The molecule has 11 heteroatoms. The van der Waals surface area contributed by atoms with Crippen molar-refractivity contribution in [1.29, 1.82) is 0 Å². The lowest BCUT2D eigenvalue weighted by Gasteiger charge is -2.22. The van der Waals surface area contributed by atoms with Gasteiger partial charge in [-0.3, -0.25) is 14.3 Å². The van der Waals surface area contributed by atoms with E-state index in [-0.39, 0.29) is 22.9 Å². The lowest BCUT2D eigenvalue weighted by atomic mass is 10.2. The minimum absolute atomic E-state index is 0.239. The van der Waals surface area contributed by atoms with Gasteiger partial charge in [0, 0.05) is 20.5 Å². The van der Waals surface area contributed by atoms with E-state index in [0.717, 1.165) is 12.8 Å². The van der Waals surface area contributed by atoms with E-state index in [9.17, 15) is 9.59 Å². The maximum Gasteiger partial charge on any atom is 0.415 e. The minimum atomic E-state index is -0.434. The van der Waals surface area contributed by atoms with Gasteiger partial charge in [-0.05, 0) is 25.0 Å². The first kappa shape index (κ1) is 19.4. The van der Waals surface area contributed by atoms with Crippen LogP contribution < -0.4 is 10.3 Å². The number of rotatable bonds is 3. The molecule has 4 heterocycles. The zero-order valence-electron chi connectivity index (χ0n) is 16.8. The van der Waals surface area contributed by atoms with Crippen molar-refractivity contribution in [3.05, 3.63) is 51.6 Å². The van der Waals surface area contributed by atoms with E-state index < -0.39 is 6.09 Å². The molecule has 0 bridgehead atoms. The monoisotopic (exact) mass is 438 g/mol. The van der Waals surface area contributed by atoms with Gasteiger partial charge in [-0.1, -0.05) is 34.7 Å². The second-order valence-electron chi connectivity index (χ2n) is 7.17. The Morgan fingerprint density at radius 3 is 2.77 bits per heavy atom. The quantitative estimate of drug-likeness (QED) is 0.479. The minimum Gasteiger partial charge on any atom is -0.410 e. The normalized spacial score (nSPS) is 16.2. The summed E-state index contributed by atoms with van der Waals surface area (Å²) in [6, 6.07) is 8.67. The third kappa shape index (κ3) is 3.46. The summed E-state index contributed by atoms with van der Waals surface area (Å²) in [5.74, 6) is 1.41. The molecule has 1 saturated heterocycles. The molecule has 0 N–H and O–H groups in total. The Balaban J connectivity index is 1.49. The summed E-state index contributed by atoms with van der Waals surface area (Å²) in [6.07, 6.45) is 1.13. The van der Waals surface area contributed by atoms with E-state index in [4.69, 9.17) is 9.26 Å². The van der Waals surface area contributed by atoms with E-state index in [2.05, 4.69) is 20.1 Å². The largest absolute Gasteiger partial charge is 0.415 e. The number of aromatic nitrogens is 5. The SMILES string of the molecule is Cc1nc(-c2nc3sc(C4CCCN4C(=O)Oc4ccccc4)nc3c(=O)n2C)no1. The topological polar surface area (TPSA) is 116 Å². The zero-order chi connectivity index (χ0) is 21.5. The number of thiazole rings is 1. The van der Waals surface area contributed by atoms with Crippen molar-refractivity contribution in [2.24, 2.45) is 7.05 Å². The molecule has 0 aliphatic carbocycles. The lowest BCUT2D eigenvalue weighted by Crippen LogP contribution is -2.33. The van der Waals surface area contributed by atoms with Gasteiger partial charge in [0.2, 0.25) is 11.7 Å². The van der Waals surface area contributed by atoms with Gasteiger partial charge in [-0.15, -0.1) is 0 Å². The van der Waals surface area contributed by atoms with Gasteiger partial charge < -0.3 is 9.26 Å². The Hall–Kier alpha value is -3.60. The summed E-state index contributed by atoms with van der Waals surface area (Å²) in [4.78, 5) is 41.0. The van der Waals surface area contributed by atoms with E-state index in [1.807, 2.05) is 18.2 Å². The summed E-state index contributed by atoms with van der Waals surface area (Å²) >= 11 is 1.29. The molecule has 158 valence electrons. The first-order valence-corrected chi connectivity index (χ1v) is 10.5. The number of carbonyl (C=O) groups excluding carboxylic acids is 1. The predicted molar refractivity (Wildman–Crippen MR) is 112 cm³/mol. The van der Waals surface area contributed by atoms with Crippen LogP contribution in [-0.2, 0) is 7.05 Å². The summed E-state index contributed by atoms with van der Waals surface area (Å²) in [6.45, 7) is 2.23. The van der Waals surface area contributed by atoms with Crippen molar-refractivity contribution in [3.63, 3.8) is 0 Å². The Kier molecular flexibility index (Phi) is 4.74. The molecule has 1 fully saturated rings. The molecule has 5 rings (SSSR count). The molecule has 1 atom stereocenters. The standard InChI is InChI=1S/C20H18N6O4S/c1-11-21-15(24-30-11)16-23-18-14(19(27)25(16)2)22-17(31-18)13-9-6-10-26(13)20(28)29-12-7-4-3-5-8-12/h3-5,7-8,13H,6,9-10H2,1-2H3. The highest BCUT2D eigenvalue weighted by Gasteiger charge is 2.34. The number of aryl methyl sites for hydroxylation is 1. The second-order valence-corrected chi connectivity index (χ2v) is 8.18. The van der Waals surface area contributed by atoms with Crippen molar-refractivity contribution < 1.29 is 14.1 Å². The summed E-state index contributed by atoms with van der Waals surface area (Å²) in [7, 11) is 1.59. The molecule has 1 aliphatic rings. The maximum absolute atomic E-state index is 12.9. The highest BCUT2D eigenvalue weighted by atomic mass is 32.1. The molecule has 10 nitrogen and oxygen atoms in total. The maximum atomic E-state index is 12.9. The number of nitrogens with zero attached hydrogens (tertiary/aromatic N) is 6. The van der Waals surface area contributed by atoms with Gasteiger partial charge >= 0.3 is 6.09 Å². The molecular weight excluding hydrogens is 420 g/mol. The van der Waals surface area contributed by atoms with E-state index in [1.165, 1.54) is 15.9 Å². The van der Waals surface area contributed by atoms with Crippen LogP contribution in [0.15, 0.2) is 39.6 Å². The number of carbonyl (C=O) groups is 1. The van der Waals surface area contributed by atoms with Crippen LogP contribution >= 0.6 is 11.3 Å². The average Bonchev–Trinajstić information content (AvgIpc) is 3.50. The van der Waals surface area contributed by atoms with Crippen LogP contribution in [0, 0.1) is 6.92 Å². The molecule has 1 unspecified atom stereocenters. The van der Waals surface area contributed by atoms with Crippen molar-refractivity contribution >= 4 is 27.8 Å². The fraction of sp³-hybridized carbons (Fsp3) is 0.300. The summed E-state index contributed by atoms with van der Waals surface area (Å²) in [5.41, 5.74) is -0.0453. The number of para-hydroxylation sites is 1. The van der Waals surface area contributed by atoms with Crippen LogP contribution in [0.4, 0.5) is 4.79 Å². The number of hydrogen-bond acceptors (Lipinski definition) is 9. The fourth-order valence-corrected chi connectivity index (χ4v) is 4.67. The fourth-order valence-electron chi connectivity index (χ4n) is 3.59. The summed E-state index contributed by atoms with van der Waals surface area (Å²) in [5, 5.41) is 4.52. The third-order valence-corrected chi connectivity index (χ3v) is 6.16. The molecule has 1 aliphatic heterocycles. The lowest BCUT2D eigenvalue weighted by molar-refractivity contribution is 0.147. The highest BCUT2D eigenvalue weighted by Crippen LogP contribution is 2.36. The Bertz CT molecular complexity index is 1330. The van der Waals surface area contributed by atoms with E-state index in [0.29, 0.717) is 33.8 Å². The molecule has 4 aromatic rings. The van der Waals surface area contributed by atoms with Gasteiger partial charge in [-0.25, -0.2) is 14.8 Å². The molecule has 0 spiro atoms. The first-order valence-electron chi connectivity index (χ1n) is 9.73. The van der Waals surface area contributed by atoms with Crippen molar-refractivity contribution in [3.8, 4) is 17.4 Å². The molecule has 3 aromatic heterocycles. The first-order chi connectivity index (χ1) is 15.0. The Labute approximate surface area is 180 Å². The van der Waals surface area contributed by atoms with Gasteiger partial charge in [0.25, 0.3) is 5.56 Å². The van der Waals surface area contributed by atoms with Crippen LogP contribution in [0.2, 0.25) is 0 Å².